The van der Waals surface area contributed by atoms with E-state index < -0.39 is 21.9 Å². The number of primary sulfonamides is 1. The second kappa shape index (κ2) is 9.33. The maximum absolute atomic E-state index is 14.6. The fraction of sp³-hybridized carbons (Fsp3) is 0.261. The molecule has 1 saturated heterocycles. The molecule has 2 aliphatic heterocycles. The number of anilines is 4. The van der Waals surface area contributed by atoms with Crippen LogP contribution in [0.2, 0.25) is 0 Å². The fourth-order valence-corrected chi connectivity index (χ4v) is 4.49. The summed E-state index contributed by atoms with van der Waals surface area (Å²) in [4.78, 5) is 22.8. The van der Waals surface area contributed by atoms with Gasteiger partial charge in [0.25, 0.3) is 5.91 Å². The van der Waals surface area contributed by atoms with Crippen LogP contribution in [0.15, 0.2) is 47.5 Å². The number of ether oxygens (including phenoxy) is 2. The van der Waals surface area contributed by atoms with Gasteiger partial charge in [-0.25, -0.2) is 22.9 Å². The van der Waals surface area contributed by atoms with Crippen LogP contribution in [0, 0.1) is 12.7 Å². The van der Waals surface area contributed by atoms with Crippen LogP contribution in [0.1, 0.15) is 17.2 Å². The van der Waals surface area contributed by atoms with Gasteiger partial charge in [0.1, 0.15) is 5.75 Å². The third-order valence-corrected chi connectivity index (χ3v) is 6.80. The lowest BCUT2D eigenvalue weighted by molar-refractivity contribution is -0.145. The lowest BCUT2D eigenvalue weighted by Crippen LogP contribution is -2.46. The number of halogens is 1. The van der Waals surface area contributed by atoms with Crippen LogP contribution < -0.4 is 20.5 Å². The van der Waals surface area contributed by atoms with Crippen molar-refractivity contribution in [1.29, 1.82) is 0 Å². The number of rotatable bonds is 6. The molecular weight excluding hydrogens is 491 g/mol. The molecule has 2 aliphatic rings. The van der Waals surface area contributed by atoms with Crippen LogP contribution in [0.5, 0.6) is 5.75 Å². The first kappa shape index (κ1) is 23.9. The van der Waals surface area contributed by atoms with Gasteiger partial charge in [-0.2, -0.15) is 4.98 Å². The van der Waals surface area contributed by atoms with E-state index >= 15 is 0 Å². The van der Waals surface area contributed by atoms with Crippen LogP contribution >= 0.6 is 0 Å². The molecule has 0 aliphatic carbocycles. The van der Waals surface area contributed by atoms with Crippen molar-refractivity contribution < 1.29 is 27.1 Å². The van der Waals surface area contributed by atoms with Crippen LogP contribution in [0.4, 0.5) is 27.5 Å². The molecule has 2 aromatic carbocycles. The first-order valence-corrected chi connectivity index (χ1v) is 12.6. The standard InChI is InChI=1S/C23H23FN6O5S/c1-13-2-7-17(18-19(13)35-20(18)22(31)30-8-10-34-11-9-30)28-21-16(24)12-26-23(29-21)27-14-3-5-15(6-4-14)36(25,32)33/h2-7,12,20H,8-11H2,1H3,(H2,25,32,33)(H2,26,27,28,29). The normalized spacial score (nSPS) is 17.0. The van der Waals surface area contributed by atoms with Gasteiger partial charge in [0.2, 0.25) is 22.1 Å². The zero-order valence-corrected chi connectivity index (χ0v) is 20.0. The number of amides is 1. The van der Waals surface area contributed by atoms with Crippen molar-refractivity contribution in [3.63, 3.8) is 0 Å². The van der Waals surface area contributed by atoms with Gasteiger partial charge in [0.05, 0.1) is 35.6 Å². The van der Waals surface area contributed by atoms with Gasteiger partial charge in [-0.05, 0) is 42.8 Å². The third kappa shape index (κ3) is 4.67. The van der Waals surface area contributed by atoms with Gasteiger partial charge in [0.15, 0.2) is 11.6 Å². The second-order valence-corrected chi connectivity index (χ2v) is 9.88. The topological polar surface area (TPSA) is 149 Å². The molecule has 3 aromatic rings. The van der Waals surface area contributed by atoms with Crippen molar-refractivity contribution in [2.24, 2.45) is 5.14 Å². The Balaban J connectivity index is 1.38. The fourth-order valence-electron chi connectivity index (χ4n) is 3.98. The number of nitrogens with one attached hydrogen (secondary N) is 2. The van der Waals surface area contributed by atoms with Gasteiger partial charge >= 0.3 is 0 Å². The monoisotopic (exact) mass is 514 g/mol. The van der Waals surface area contributed by atoms with Crippen molar-refractivity contribution in [1.82, 2.24) is 14.9 Å². The summed E-state index contributed by atoms with van der Waals surface area (Å²) in [5.74, 6) is -0.326. The smallest absolute Gasteiger partial charge is 0.268 e. The largest absolute Gasteiger partial charge is 0.475 e. The number of nitrogens with zero attached hydrogens (tertiary/aromatic N) is 3. The minimum absolute atomic E-state index is 0.0454. The van der Waals surface area contributed by atoms with Gasteiger partial charge in [-0.1, -0.05) is 6.07 Å². The number of benzene rings is 2. The highest BCUT2D eigenvalue weighted by molar-refractivity contribution is 7.89. The van der Waals surface area contributed by atoms with E-state index in [2.05, 4.69) is 20.6 Å². The Hall–Kier alpha value is -3.81. The van der Waals surface area contributed by atoms with Crippen molar-refractivity contribution in [3.05, 3.63) is 59.5 Å². The summed E-state index contributed by atoms with van der Waals surface area (Å²) in [6, 6.07) is 9.19. The van der Waals surface area contributed by atoms with Crippen molar-refractivity contribution >= 4 is 39.1 Å². The lowest BCUT2D eigenvalue weighted by atomic mass is 9.95. The highest BCUT2D eigenvalue weighted by Gasteiger charge is 2.41. The summed E-state index contributed by atoms with van der Waals surface area (Å²) < 4.78 is 48.6. The number of carbonyl (C=O) groups excluding carboxylic acids is 1. The Labute approximate surface area is 206 Å². The summed E-state index contributed by atoms with van der Waals surface area (Å²) in [5.41, 5.74) is 2.46. The highest BCUT2D eigenvalue weighted by Crippen LogP contribution is 2.47. The van der Waals surface area contributed by atoms with Crippen LogP contribution in [-0.4, -0.2) is 55.5 Å². The van der Waals surface area contributed by atoms with Gasteiger partial charge in [-0.3, -0.25) is 4.79 Å². The van der Waals surface area contributed by atoms with Gasteiger partial charge in [-0.15, -0.1) is 0 Å². The minimum atomic E-state index is -3.82. The van der Waals surface area contributed by atoms with E-state index in [9.17, 15) is 17.6 Å². The third-order valence-electron chi connectivity index (χ3n) is 5.87. The van der Waals surface area contributed by atoms with Gasteiger partial charge in [0, 0.05) is 18.8 Å². The molecule has 11 nitrogen and oxygen atoms in total. The van der Waals surface area contributed by atoms with E-state index in [-0.39, 0.29) is 22.6 Å². The molecule has 5 rings (SSSR count). The average Bonchev–Trinajstić information content (AvgIpc) is 2.83. The molecule has 0 spiro atoms. The molecule has 1 aromatic heterocycles. The summed E-state index contributed by atoms with van der Waals surface area (Å²) in [6.45, 7) is 3.77. The predicted molar refractivity (Wildman–Crippen MR) is 128 cm³/mol. The Morgan fingerprint density at radius 1 is 1.14 bits per heavy atom. The summed E-state index contributed by atoms with van der Waals surface area (Å²) in [6.07, 6.45) is 0.199. The Morgan fingerprint density at radius 2 is 1.86 bits per heavy atom. The Morgan fingerprint density at radius 3 is 2.56 bits per heavy atom. The summed E-state index contributed by atoms with van der Waals surface area (Å²) >= 11 is 0. The Bertz CT molecular complexity index is 1430. The summed E-state index contributed by atoms with van der Waals surface area (Å²) in [7, 11) is -3.82. The Kier molecular flexibility index (Phi) is 6.20. The molecule has 188 valence electrons. The highest BCUT2D eigenvalue weighted by atomic mass is 32.2. The maximum atomic E-state index is 14.6. The van der Waals surface area contributed by atoms with Crippen LogP contribution in [0.25, 0.3) is 0 Å². The van der Waals surface area contributed by atoms with Crippen LogP contribution in [0.3, 0.4) is 0 Å². The molecule has 1 atom stereocenters. The maximum Gasteiger partial charge on any atom is 0.268 e. The van der Waals surface area contributed by atoms with Crippen molar-refractivity contribution in [3.8, 4) is 5.75 Å². The zero-order chi connectivity index (χ0) is 25.4. The van der Waals surface area contributed by atoms with Crippen LogP contribution in [-0.2, 0) is 19.6 Å². The molecule has 0 bridgehead atoms. The van der Waals surface area contributed by atoms with E-state index in [1.165, 1.54) is 24.3 Å². The number of nitrogens with two attached hydrogens (primary N) is 1. The minimum Gasteiger partial charge on any atom is -0.475 e. The van der Waals surface area contributed by atoms with Crippen molar-refractivity contribution in [2.45, 2.75) is 17.9 Å². The number of carbonyl (C=O) groups is 1. The molecule has 1 unspecified atom stereocenters. The van der Waals surface area contributed by atoms with E-state index in [4.69, 9.17) is 14.6 Å². The second-order valence-electron chi connectivity index (χ2n) is 8.32. The van der Waals surface area contributed by atoms with E-state index in [1.54, 1.807) is 11.0 Å². The molecule has 4 N–H and O–H groups in total. The number of aromatic nitrogens is 2. The molecule has 13 heteroatoms. The summed E-state index contributed by atoms with van der Waals surface area (Å²) in [5, 5.41) is 11.0. The average molecular weight is 515 g/mol. The molecule has 3 heterocycles. The number of hydrogen-bond acceptors (Lipinski definition) is 9. The lowest BCUT2D eigenvalue weighted by Gasteiger charge is -2.37. The molecular formula is C23H23FN6O5S. The predicted octanol–water partition coefficient (Wildman–Crippen LogP) is 2.35. The first-order chi connectivity index (χ1) is 17.2. The molecule has 0 saturated carbocycles. The first-order valence-electron chi connectivity index (χ1n) is 11.1. The number of sulfonamides is 1. The molecule has 36 heavy (non-hydrogen) atoms. The van der Waals surface area contributed by atoms with E-state index in [1.807, 2.05) is 13.0 Å². The number of morpholine rings is 1. The zero-order valence-electron chi connectivity index (χ0n) is 19.2. The van der Waals surface area contributed by atoms with E-state index in [0.29, 0.717) is 49.0 Å². The molecule has 0 radical (unpaired) electrons. The molecule has 1 fully saturated rings. The molecule has 1 amide bonds. The van der Waals surface area contributed by atoms with Crippen molar-refractivity contribution in [2.75, 3.05) is 36.9 Å². The number of aryl methyl sites for hydroxylation is 1. The number of hydrogen-bond donors (Lipinski definition) is 3. The SMILES string of the molecule is Cc1ccc(Nc2nc(Nc3ccc(S(N)(=O)=O)cc3)ncc2F)c2c1OC2C(=O)N1CCOCC1. The quantitative estimate of drug-likeness (QED) is 0.451. The van der Waals surface area contributed by atoms with E-state index in [0.717, 1.165) is 11.8 Å². The van der Waals surface area contributed by atoms with Gasteiger partial charge < -0.3 is 25.0 Å². The number of fused-ring (bicyclic) bond motifs is 1.